The molecule has 0 bridgehead atoms. The fourth-order valence-corrected chi connectivity index (χ4v) is 2.53. The molecule has 2 unspecified atom stereocenters. The second-order valence-electron chi connectivity index (χ2n) is 5.15. The summed E-state index contributed by atoms with van der Waals surface area (Å²) in [5.74, 6) is -0.209. The maximum atomic E-state index is 11.3. The van der Waals surface area contributed by atoms with Crippen molar-refractivity contribution in [1.29, 1.82) is 0 Å². The van der Waals surface area contributed by atoms with Gasteiger partial charge in [0.25, 0.3) is 0 Å². The van der Waals surface area contributed by atoms with E-state index in [4.69, 9.17) is 11.5 Å². The largest absolute Gasteiger partial charge is 0.398 e. The van der Waals surface area contributed by atoms with Crippen LogP contribution >= 0.6 is 0 Å². The number of nitrogens with zero attached hydrogens (tertiary/aromatic N) is 1. The Kier molecular flexibility index (Phi) is 3.87. The highest BCUT2D eigenvalue weighted by Gasteiger charge is 2.28. The molecule has 4 nitrogen and oxygen atoms in total. The number of benzene rings is 1. The molecule has 4 N–H and O–H groups in total. The fourth-order valence-electron chi connectivity index (χ4n) is 2.53. The minimum atomic E-state index is -0.187. The van der Waals surface area contributed by atoms with Gasteiger partial charge in [-0.3, -0.25) is 9.69 Å². The summed E-state index contributed by atoms with van der Waals surface area (Å²) in [5, 5.41) is 0. The van der Waals surface area contributed by atoms with Gasteiger partial charge in [0.1, 0.15) is 0 Å². The van der Waals surface area contributed by atoms with Gasteiger partial charge in [0.15, 0.2) is 0 Å². The highest BCUT2D eigenvalue weighted by Crippen LogP contribution is 2.24. The van der Waals surface area contributed by atoms with Gasteiger partial charge < -0.3 is 11.5 Å². The van der Waals surface area contributed by atoms with E-state index >= 15 is 0 Å². The van der Waals surface area contributed by atoms with Gasteiger partial charge in [-0.2, -0.15) is 0 Å². The molecule has 18 heavy (non-hydrogen) atoms. The number of amides is 1. The van der Waals surface area contributed by atoms with E-state index in [1.807, 2.05) is 24.3 Å². The molecule has 98 valence electrons. The highest BCUT2D eigenvalue weighted by atomic mass is 16.1. The molecule has 0 spiro atoms. The van der Waals surface area contributed by atoms with Crippen LogP contribution in [-0.4, -0.2) is 23.4 Å². The van der Waals surface area contributed by atoms with Crippen LogP contribution in [0.15, 0.2) is 24.3 Å². The lowest BCUT2D eigenvalue weighted by atomic mass is 9.92. The van der Waals surface area contributed by atoms with Crippen LogP contribution in [0.1, 0.15) is 25.3 Å². The van der Waals surface area contributed by atoms with Crippen LogP contribution < -0.4 is 11.5 Å². The quantitative estimate of drug-likeness (QED) is 0.792. The summed E-state index contributed by atoms with van der Waals surface area (Å²) < 4.78 is 0. The molecule has 1 fully saturated rings. The Morgan fingerprint density at radius 3 is 2.78 bits per heavy atom. The third-order valence-electron chi connectivity index (χ3n) is 3.84. The van der Waals surface area contributed by atoms with E-state index in [0.29, 0.717) is 6.04 Å². The molecule has 2 atom stereocenters. The fraction of sp³-hybridized carbons (Fsp3) is 0.500. The van der Waals surface area contributed by atoms with Crippen molar-refractivity contribution in [3.8, 4) is 0 Å². The molecule has 0 saturated carbocycles. The van der Waals surface area contributed by atoms with Gasteiger partial charge in [0.05, 0.1) is 5.92 Å². The van der Waals surface area contributed by atoms with Crippen molar-refractivity contribution in [2.45, 2.75) is 32.4 Å². The number of carbonyl (C=O) groups is 1. The maximum Gasteiger partial charge on any atom is 0.221 e. The molecule has 0 aromatic heterocycles. The lowest BCUT2D eigenvalue weighted by Crippen LogP contribution is -2.45. The van der Waals surface area contributed by atoms with Crippen LogP contribution in [0.2, 0.25) is 0 Å². The van der Waals surface area contributed by atoms with E-state index in [0.717, 1.165) is 37.2 Å². The molecule has 0 aliphatic carbocycles. The van der Waals surface area contributed by atoms with E-state index < -0.39 is 0 Å². The Hall–Kier alpha value is -1.55. The van der Waals surface area contributed by atoms with Gasteiger partial charge in [-0.1, -0.05) is 18.2 Å². The molecule has 1 aliphatic heterocycles. The first kappa shape index (κ1) is 12.9. The minimum absolute atomic E-state index is 0.0221. The minimum Gasteiger partial charge on any atom is -0.398 e. The van der Waals surface area contributed by atoms with Crippen molar-refractivity contribution in [2.75, 3.05) is 12.3 Å². The van der Waals surface area contributed by atoms with Gasteiger partial charge in [-0.25, -0.2) is 0 Å². The first-order valence-corrected chi connectivity index (χ1v) is 6.44. The number of hydrogen-bond donors (Lipinski definition) is 2. The first-order valence-electron chi connectivity index (χ1n) is 6.44. The summed E-state index contributed by atoms with van der Waals surface area (Å²) in [6.07, 6.45) is 1.91. The predicted octanol–water partition coefficient (Wildman–Crippen LogP) is 1.35. The second kappa shape index (κ2) is 5.40. The molecule has 1 amide bonds. The summed E-state index contributed by atoms with van der Waals surface area (Å²) in [4.78, 5) is 13.6. The summed E-state index contributed by atoms with van der Waals surface area (Å²) in [6, 6.07) is 8.35. The number of hydrogen-bond acceptors (Lipinski definition) is 3. The summed E-state index contributed by atoms with van der Waals surface area (Å²) in [5.41, 5.74) is 13.3. The molecule has 1 saturated heterocycles. The Bertz CT molecular complexity index is 433. The normalized spacial score (nSPS) is 24.9. The number of rotatable bonds is 3. The molecular formula is C14H21N3O. The van der Waals surface area contributed by atoms with Gasteiger partial charge in [-0.05, 0) is 31.4 Å². The standard InChI is InChI=1S/C14H21N3O/c1-10-6-7-12(14(16)18)9-17(10)8-11-4-2-3-5-13(11)15/h2-5,10,12H,6-9,15H2,1H3,(H2,16,18). The smallest absolute Gasteiger partial charge is 0.221 e. The topological polar surface area (TPSA) is 72.4 Å². The van der Waals surface area contributed by atoms with Crippen molar-refractivity contribution in [2.24, 2.45) is 11.7 Å². The molecule has 2 rings (SSSR count). The number of nitrogens with two attached hydrogens (primary N) is 2. The van der Waals surface area contributed by atoms with Crippen LogP contribution in [0, 0.1) is 5.92 Å². The maximum absolute atomic E-state index is 11.3. The Morgan fingerprint density at radius 2 is 2.11 bits per heavy atom. The number of para-hydroxylation sites is 1. The van der Waals surface area contributed by atoms with Crippen LogP contribution in [0.3, 0.4) is 0 Å². The SMILES string of the molecule is CC1CCC(C(N)=O)CN1Cc1ccccc1N. The molecular weight excluding hydrogens is 226 g/mol. The van der Waals surface area contributed by atoms with Gasteiger partial charge in [0.2, 0.25) is 5.91 Å². The van der Waals surface area contributed by atoms with Crippen molar-refractivity contribution < 1.29 is 4.79 Å². The number of carbonyl (C=O) groups excluding carboxylic acids is 1. The molecule has 1 aliphatic rings. The number of nitrogen functional groups attached to an aromatic ring is 1. The third-order valence-corrected chi connectivity index (χ3v) is 3.84. The van der Waals surface area contributed by atoms with Gasteiger partial charge >= 0.3 is 0 Å². The number of primary amides is 1. The van der Waals surface area contributed by atoms with Crippen LogP contribution in [-0.2, 0) is 11.3 Å². The van der Waals surface area contributed by atoms with Crippen LogP contribution in [0.4, 0.5) is 5.69 Å². The van der Waals surface area contributed by atoms with Crippen LogP contribution in [0.5, 0.6) is 0 Å². The van der Waals surface area contributed by atoms with Crippen molar-refractivity contribution in [1.82, 2.24) is 4.90 Å². The monoisotopic (exact) mass is 247 g/mol. The molecule has 1 heterocycles. The molecule has 4 heteroatoms. The lowest BCUT2D eigenvalue weighted by molar-refractivity contribution is -0.124. The second-order valence-corrected chi connectivity index (χ2v) is 5.15. The molecule has 0 radical (unpaired) electrons. The number of likely N-dealkylation sites (tertiary alicyclic amines) is 1. The Balaban J connectivity index is 2.07. The van der Waals surface area contributed by atoms with E-state index in [9.17, 15) is 4.79 Å². The molecule has 1 aromatic carbocycles. The zero-order chi connectivity index (χ0) is 13.1. The Labute approximate surface area is 108 Å². The number of anilines is 1. The average Bonchev–Trinajstić information content (AvgIpc) is 2.34. The van der Waals surface area contributed by atoms with E-state index in [1.165, 1.54) is 0 Å². The number of piperidine rings is 1. The summed E-state index contributed by atoms with van der Waals surface area (Å²) in [6.45, 7) is 3.72. The Morgan fingerprint density at radius 1 is 1.39 bits per heavy atom. The first-order chi connectivity index (χ1) is 8.58. The van der Waals surface area contributed by atoms with Gasteiger partial charge in [0, 0.05) is 24.8 Å². The highest BCUT2D eigenvalue weighted by molar-refractivity contribution is 5.77. The molecule has 1 aromatic rings. The van der Waals surface area contributed by atoms with Crippen molar-refractivity contribution in [3.63, 3.8) is 0 Å². The van der Waals surface area contributed by atoms with Gasteiger partial charge in [-0.15, -0.1) is 0 Å². The van der Waals surface area contributed by atoms with Crippen molar-refractivity contribution in [3.05, 3.63) is 29.8 Å². The summed E-state index contributed by atoms with van der Waals surface area (Å²) >= 11 is 0. The van der Waals surface area contributed by atoms with Crippen LogP contribution in [0.25, 0.3) is 0 Å². The zero-order valence-electron chi connectivity index (χ0n) is 10.8. The van der Waals surface area contributed by atoms with E-state index in [-0.39, 0.29) is 11.8 Å². The van der Waals surface area contributed by atoms with E-state index in [2.05, 4.69) is 11.8 Å². The zero-order valence-corrected chi connectivity index (χ0v) is 10.8. The van der Waals surface area contributed by atoms with Crippen molar-refractivity contribution >= 4 is 11.6 Å². The lowest BCUT2D eigenvalue weighted by Gasteiger charge is -2.37. The predicted molar refractivity (Wildman–Crippen MR) is 72.6 cm³/mol. The van der Waals surface area contributed by atoms with E-state index in [1.54, 1.807) is 0 Å². The average molecular weight is 247 g/mol. The summed E-state index contributed by atoms with van der Waals surface area (Å²) in [7, 11) is 0. The third kappa shape index (κ3) is 2.82.